The van der Waals surface area contributed by atoms with Gasteiger partial charge in [0.25, 0.3) is 11.6 Å². The summed E-state index contributed by atoms with van der Waals surface area (Å²) in [7, 11) is 0. The van der Waals surface area contributed by atoms with Gasteiger partial charge >= 0.3 is 6.03 Å². The molecule has 0 spiro atoms. The molecule has 0 bridgehead atoms. The number of nitro benzene ring substituents is 1. The van der Waals surface area contributed by atoms with E-state index in [4.69, 9.17) is 0 Å². The normalized spacial score (nSPS) is 19.5. The summed E-state index contributed by atoms with van der Waals surface area (Å²) in [6.45, 7) is 1.77. The predicted octanol–water partition coefficient (Wildman–Crippen LogP) is 1.86. The molecular formula is C18H15N4O5-. The summed E-state index contributed by atoms with van der Waals surface area (Å²) in [5, 5.41) is 29.5. The van der Waals surface area contributed by atoms with Crippen LogP contribution >= 0.6 is 0 Å². The third-order valence-electron chi connectivity index (χ3n) is 4.37. The van der Waals surface area contributed by atoms with Crippen LogP contribution in [0.1, 0.15) is 24.5 Å². The minimum atomic E-state index is -1.22. The Morgan fingerprint density at radius 1 is 1.22 bits per heavy atom. The molecule has 0 aliphatic carbocycles. The molecule has 27 heavy (non-hydrogen) atoms. The number of hydrogen-bond acceptors (Lipinski definition) is 6. The second-order valence-electron chi connectivity index (χ2n) is 5.90. The number of nitrogens with zero attached hydrogens (tertiary/aromatic N) is 3. The Kier molecular flexibility index (Phi) is 4.59. The van der Waals surface area contributed by atoms with E-state index in [0.717, 1.165) is 18.3 Å². The van der Waals surface area contributed by atoms with Gasteiger partial charge in [-0.25, -0.2) is 4.79 Å². The Bertz CT molecular complexity index is 944. The fourth-order valence-corrected chi connectivity index (χ4v) is 2.91. The van der Waals surface area contributed by atoms with E-state index >= 15 is 0 Å². The van der Waals surface area contributed by atoms with Gasteiger partial charge in [-0.3, -0.25) is 14.9 Å². The smallest absolute Gasteiger partial charge is 0.346 e. The molecule has 1 aliphatic rings. The Labute approximate surface area is 154 Å². The molecule has 2 aromatic rings. The minimum absolute atomic E-state index is 0.218. The Hall–Kier alpha value is -3.75. The fraction of sp³-hybridized carbons (Fsp3) is 0.167. The third kappa shape index (κ3) is 3.10. The molecule has 3 rings (SSSR count). The van der Waals surface area contributed by atoms with E-state index in [1.807, 2.05) is 0 Å². The molecular weight excluding hydrogens is 352 g/mol. The van der Waals surface area contributed by atoms with Crippen LogP contribution < -0.4 is 10.4 Å². The van der Waals surface area contributed by atoms with Gasteiger partial charge in [-0.05, 0) is 17.7 Å². The number of hydrazone groups is 1. The molecule has 9 nitrogen and oxygen atoms in total. The Morgan fingerprint density at radius 3 is 2.56 bits per heavy atom. The second-order valence-corrected chi connectivity index (χ2v) is 5.90. The zero-order chi connectivity index (χ0) is 19.6. The lowest BCUT2D eigenvalue weighted by Crippen LogP contribution is -2.43. The minimum Gasteiger partial charge on any atom is -0.868 e. The summed E-state index contributed by atoms with van der Waals surface area (Å²) in [5.41, 5.74) is -0.977. The standard InChI is InChI=1S/C18H16N4O5/c1-2-18(13-6-4-3-5-7-13)16(24)21(17(25)20-18)19-11-12-8-9-15(23)14(10-12)22(26)27/h3-11,23H,2H2,1H3,(H,20,25)/p-1/b19-11-/t18-/m1/s1. The number of nitro groups is 1. The molecule has 2 aromatic carbocycles. The van der Waals surface area contributed by atoms with E-state index in [1.54, 1.807) is 37.3 Å². The molecule has 9 heteroatoms. The summed E-state index contributed by atoms with van der Waals surface area (Å²) in [5.74, 6) is -1.28. The van der Waals surface area contributed by atoms with Crippen molar-refractivity contribution in [2.24, 2.45) is 5.10 Å². The summed E-state index contributed by atoms with van der Waals surface area (Å²) in [6.07, 6.45) is 1.45. The lowest BCUT2D eigenvalue weighted by atomic mass is 9.87. The summed E-state index contributed by atoms with van der Waals surface area (Å²) in [6, 6.07) is 11.5. The van der Waals surface area contributed by atoms with Crippen molar-refractivity contribution in [1.29, 1.82) is 0 Å². The van der Waals surface area contributed by atoms with Crippen molar-refractivity contribution < 1.29 is 19.6 Å². The van der Waals surface area contributed by atoms with Crippen molar-refractivity contribution in [1.82, 2.24) is 10.3 Å². The number of urea groups is 1. The highest BCUT2D eigenvalue weighted by molar-refractivity contribution is 6.07. The number of carbonyl (C=O) groups excluding carboxylic acids is 2. The average Bonchev–Trinajstić information content (AvgIpc) is 2.92. The van der Waals surface area contributed by atoms with Crippen LogP contribution in [0.15, 0.2) is 53.6 Å². The van der Waals surface area contributed by atoms with Crippen molar-refractivity contribution in [2.45, 2.75) is 18.9 Å². The van der Waals surface area contributed by atoms with E-state index < -0.39 is 33.8 Å². The maximum Gasteiger partial charge on any atom is 0.346 e. The first-order valence-electron chi connectivity index (χ1n) is 8.10. The van der Waals surface area contributed by atoms with Gasteiger partial charge < -0.3 is 10.4 Å². The maximum atomic E-state index is 12.9. The largest absolute Gasteiger partial charge is 0.868 e. The highest BCUT2D eigenvalue weighted by Gasteiger charge is 2.51. The SMILES string of the molecule is CC[C@]1(c2ccccc2)NC(=O)N(/N=C\c2ccc([O-])c([N+](=O)[O-])c2)C1=O. The molecule has 3 amide bonds. The topological polar surface area (TPSA) is 128 Å². The molecule has 1 atom stereocenters. The van der Waals surface area contributed by atoms with Crippen molar-refractivity contribution in [3.63, 3.8) is 0 Å². The first-order chi connectivity index (χ1) is 12.9. The number of nitrogens with one attached hydrogen (secondary N) is 1. The molecule has 138 valence electrons. The first kappa shape index (κ1) is 18.1. The zero-order valence-corrected chi connectivity index (χ0v) is 14.3. The van der Waals surface area contributed by atoms with E-state index in [9.17, 15) is 24.8 Å². The molecule has 1 aliphatic heterocycles. The highest BCUT2D eigenvalue weighted by Crippen LogP contribution is 2.32. The van der Waals surface area contributed by atoms with Crippen molar-refractivity contribution in [3.05, 3.63) is 69.8 Å². The van der Waals surface area contributed by atoms with Crippen molar-refractivity contribution in [2.75, 3.05) is 0 Å². The van der Waals surface area contributed by atoms with Crippen LogP contribution in [-0.2, 0) is 10.3 Å². The number of carbonyl (C=O) groups is 2. The zero-order valence-electron chi connectivity index (χ0n) is 14.3. The first-order valence-corrected chi connectivity index (χ1v) is 8.10. The van der Waals surface area contributed by atoms with Crippen LogP contribution in [0.4, 0.5) is 10.5 Å². The van der Waals surface area contributed by atoms with Gasteiger partial charge in [-0.1, -0.05) is 49.4 Å². The Morgan fingerprint density at radius 2 is 1.93 bits per heavy atom. The lowest BCUT2D eigenvalue weighted by molar-refractivity contribution is -0.398. The number of hydrogen-bond donors (Lipinski definition) is 1. The van der Waals surface area contributed by atoms with Crippen molar-refractivity contribution >= 4 is 23.8 Å². The number of imide groups is 1. The fourth-order valence-electron chi connectivity index (χ4n) is 2.91. The van der Waals surface area contributed by atoms with Crippen LogP contribution in [0, 0.1) is 10.1 Å². The summed E-state index contributed by atoms with van der Waals surface area (Å²) >= 11 is 0. The maximum absolute atomic E-state index is 12.9. The quantitative estimate of drug-likeness (QED) is 0.373. The average molecular weight is 367 g/mol. The van der Waals surface area contributed by atoms with E-state index in [2.05, 4.69) is 10.4 Å². The molecule has 1 saturated heterocycles. The van der Waals surface area contributed by atoms with E-state index in [1.165, 1.54) is 6.07 Å². The Balaban J connectivity index is 1.91. The molecule has 1 N–H and O–H groups in total. The molecule has 0 radical (unpaired) electrons. The number of benzene rings is 2. The second kappa shape index (κ2) is 6.87. The van der Waals surface area contributed by atoms with Gasteiger partial charge in [-0.2, -0.15) is 5.10 Å². The lowest BCUT2D eigenvalue weighted by Gasteiger charge is -2.24. The van der Waals surface area contributed by atoms with Gasteiger partial charge in [0.15, 0.2) is 0 Å². The van der Waals surface area contributed by atoms with Crippen LogP contribution in [0.2, 0.25) is 0 Å². The van der Waals surface area contributed by atoms with Crippen molar-refractivity contribution in [3.8, 4) is 5.75 Å². The molecule has 1 fully saturated rings. The molecule has 0 saturated carbocycles. The number of amides is 3. The van der Waals surface area contributed by atoms with Gasteiger partial charge in [0, 0.05) is 11.6 Å². The van der Waals surface area contributed by atoms with E-state index in [0.29, 0.717) is 17.0 Å². The van der Waals surface area contributed by atoms with Gasteiger partial charge in [-0.15, -0.1) is 5.01 Å². The van der Waals surface area contributed by atoms with Gasteiger partial charge in [0.05, 0.1) is 11.1 Å². The third-order valence-corrected chi connectivity index (χ3v) is 4.37. The van der Waals surface area contributed by atoms with Crippen LogP contribution in [0.5, 0.6) is 5.75 Å². The summed E-state index contributed by atoms with van der Waals surface area (Å²) in [4.78, 5) is 35.2. The predicted molar refractivity (Wildman–Crippen MR) is 93.9 cm³/mol. The molecule has 1 heterocycles. The molecule has 0 aromatic heterocycles. The summed E-state index contributed by atoms with van der Waals surface area (Å²) < 4.78 is 0. The van der Waals surface area contributed by atoms with Crippen LogP contribution in [-0.4, -0.2) is 28.1 Å². The van der Waals surface area contributed by atoms with Crippen LogP contribution in [0.25, 0.3) is 0 Å². The molecule has 0 unspecified atom stereocenters. The van der Waals surface area contributed by atoms with Crippen LogP contribution in [0.3, 0.4) is 0 Å². The van der Waals surface area contributed by atoms with Gasteiger partial charge in [0.1, 0.15) is 5.54 Å². The van der Waals surface area contributed by atoms with Gasteiger partial charge in [0.2, 0.25) is 0 Å². The monoisotopic (exact) mass is 367 g/mol. The highest BCUT2D eigenvalue weighted by atomic mass is 16.6. The number of rotatable bonds is 5. The van der Waals surface area contributed by atoms with E-state index in [-0.39, 0.29) is 5.56 Å².